The normalized spacial score (nSPS) is 12.5. The van der Waals surface area contributed by atoms with Gasteiger partial charge in [0.05, 0.1) is 42.1 Å². The van der Waals surface area contributed by atoms with E-state index in [1.807, 2.05) is 12.1 Å². The average molecular weight is 490 g/mol. The third-order valence-electron chi connectivity index (χ3n) is 5.95. The molecule has 4 aromatic rings. The van der Waals surface area contributed by atoms with Gasteiger partial charge in [0.2, 0.25) is 5.91 Å². The topological polar surface area (TPSA) is 103 Å². The van der Waals surface area contributed by atoms with Crippen LogP contribution in [0, 0.1) is 0 Å². The summed E-state index contributed by atoms with van der Waals surface area (Å²) in [6.45, 7) is 0.169. The Bertz CT molecular complexity index is 1480. The summed E-state index contributed by atoms with van der Waals surface area (Å²) in [5.74, 6) is -0.0698. The van der Waals surface area contributed by atoms with E-state index in [4.69, 9.17) is 9.15 Å². The molecule has 5 rings (SSSR count). The van der Waals surface area contributed by atoms with Gasteiger partial charge in [0.25, 0.3) is 5.56 Å². The van der Waals surface area contributed by atoms with Crippen molar-refractivity contribution < 1.29 is 18.7 Å². The second kappa shape index (κ2) is 9.79. The molecule has 2 aromatic heterocycles. The second-order valence-corrected chi connectivity index (χ2v) is 9.20. The monoisotopic (exact) mass is 489 g/mol. The zero-order valence-corrected chi connectivity index (χ0v) is 19.9. The number of amides is 1. The summed E-state index contributed by atoms with van der Waals surface area (Å²) >= 11 is 1.15. The van der Waals surface area contributed by atoms with Gasteiger partial charge in [-0.05, 0) is 72.9 Å². The number of furan rings is 1. The molecule has 1 N–H and O–H groups in total. The van der Waals surface area contributed by atoms with E-state index in [0.29, 0.717) is 27.4 Å². The first-order chi connectivity index (χ1) is 17.0. The molecule has 178 valence electrons. The molecule has 1 aliphatic rings. The maximum Gasteiger partial charge on any atom is 0.337 e. The molecule has 0 aliphatic heterocycles. The molecular weight excluding hydrogens is 466 g/mol. The third-order valence-corrected chi connectivity index (χ3v) is 6.93. The first-order valence-corrected chi connectivity index (χ1v) is 12.2. The zero-order valence-electron chi connectivity index (χ0n) is 19.1. The van der Waals surface area contributed by atoms with Crippen molar-refractivity contribution in [2.24, 2.45) is 0 Å². The summed E-state index contributed by atoms with van der Waals surface area (Å²) in [5.41, 5.74) is 3.74. The predicted molar refractivity (Wildman–Crippen MR) is 133 cm³/mol. The van der Waals surface area contributed by atoms with E-state index in [0.717, 1.165) is 36.7 Å². The molecule has 1 amide bonds. The van der Waals surface area contributed by atoms with Gasteiger partial charge in [-0.3, -0.25) is 14.2 Å². The summed E-state index contributed by atoms with van der Waals surface area (Å²) in [7, 11) is 1.29. The van der Waals surface area contributed by atoms with Crippen LogP contribution in [-0.2, 0) is 28.9 Å². The van der Waals surface area contributed by atoms with Crippen LogP contribution in [0.25, 0.3) is 10.9 Å². The Kier molecular flexibility index (Phi) is 6.41. The summed E-state index contributed by atoms with van der Waals surface area (Å²) in [6.07, 6.45) is 4.79. The molecule has 0 spiro atoms. The van der Waals surface area contributed by atoms with E-state index in [2.05, 4.69) is 16.4 Å². The zero-order chi connectivity index (χ0) is 24.4. The number of thioether (sulfide) groups is 1. The molecule has 35 heavy (non-hydrogen) atoms. The second-order valence-electron chi connectivity index (χ2n) is 8.26. The highest BCUT2D eigenvalue weighted by Crippen LogP contribution is 2.25. The number of methoxy groups -OCH3 is 1. The quantitative estimate of drug-likeness (QED) is 0.237. The molecule has 9 heteroatoms. The van der Waals surface area contributed by atoms with E-state index in [-0.39, 0.29) is 23.8 Å². The number of aromatic nitrogens is 2. The van der Waals surface area contributed by atoms with Gasteiger partial charge in [0.15, 0.2) is 5.16 Å². The number of nitrogens with zero attached hydrogens (tertiary/aromatic N) is 2. The van der Waals surface area contributed by atoms with Crippen molar-refractivity contribution in [3.8, 4) is 0 Å². The van der Waals surface area contributed by atoms with E-state index in [1.165, 1.54) is 41.2 Å². The largest absolute Gasteiger partial charge is 0.467 e. The maximum atomic E-state index is 13.3. The standard InChI is InChI=1S/C26H23N3O5S/c1-33-25(32)18-8-10-21-22(13-18)28-26(29(24(21)31)14-20-6-3-11-34-20)35-15-23(30)27-19-9-7-16-4-2-5-17(16)12-19/h3,6-13H,2,4-5,14-15H2,1H3,(H,27,30). The van der Waals surface area contributed by atoms with Gasteiger partial charge < -0.3 is 14.5 Å². The lowest BCUT2D eigenvalue weighted by Gasteiger charge is -2.13. The highest BCUT2D eigenvalue weighted by molar-refractivity contribution is 7.99. The molecule has 0 fully saturated rings. The molecule has 8 nitrogen and oxygen atoms in total. The van der Waals surface area contributed by atoms with Gasteiger partial charge in [-0.15, -0.1) is 0 Å². The van der Waals surface area contributed by atoms with Crippen molar-refractivity contribution in [1.82, 2.24) is 9.55 Å². The van der Waals surface area contributed by atoms with Gasteiger partial charge in [0.1, 0.15) is 5.76 Å². The Morgan fingerprint density at radius 1 is 1.14 bits per heavy atom. The van der Waals surface area contributed by atoms with Crippen molar-refractivity contribution in [2.45, 2.75) is 31.0 Å². The van der Waals surface area contributed by atoms with Crippen molar-refractivity contribution >= 4 is 40.2 Å². The fourth-order valence-corrected chi connectivity index (χ4v) is 5.03. The Hall–Kier alpha value is -3.85. The fraction of sp³-hybridized carbons (Fsp3) is 0.231. The Morgan fingerprint density at radius 3 is 2.80 bits per heavy atom. The molecule has 0 radical (unpaired) electrons. The summed E-state index contributed by atoms with van der Waals surface area (Å²) in [6, 6.07) is 14.1. The van der Waals surface area contributed by atoms with Crippen LogP contribution in [0.2, 0.25) is 0 Å². The minimum Gasteiger partial charge on any atom is -0.467 e. The number of aryl methyl sites for hydroxylation is 2. The molecular formula is C26H23N3O5S. The molecule has 0 saturated heterocycles. The molecule has 0 bridgehead atoms. The van der Waals surface area contributed by atoms with E-state index >= 15 is 0 Å². The number of hydrogen-bond donors (Lipinski definition) is 1. The van der Waals surface area contributed by atoms with Crippen LogP contribution >= 0.6 is 11.8 Å². The minimum absolute atomic E-state index is 0.0594. The highest BCUT2D eigenvalue weighted by Gasteiger charge is 2.17. The van der Waals surface area contributed by atoms with Crippen molar-refractivity contribution in [2.75, 3.05) is 18.2 Å². The fourth-order valence-electron chi connectivity index (χ4n) is 4.23. The number of hydrogen-bond acceptors (Lipinski definition) is 7. The van der Waals surface area contributed by atoms with Crippen LogP contribution in [0.15, 0.2) is 69.2 Å². The maximum absolute atomic E-state index is 13.3. The predicted octanol–water partition coefficient (Wildman–Crippen LogP) is 4.04. The van der Waals surface area contributed by atoms with Crippen LogP contribution in [0.1, 0.15) is 33.7 Å². The number of benzene rings is 2. The van der Waals surface area contributed by atoms with Gasteiger partial charge in [0, 0.05) is 5.69 Å². The SMILES string of the molecule is COC(=O)c1ccc2c(=O)n(Cc3ccco3)c(SCC(=O)Nc3ccc4c(c3)CCC4)nc2c1. The minimum atomic E-state index is -0.517. The highest BCUT2D eigenvalue weighted by atomic mass is 32.2. The summed E-state index contributed by atoms with van der Waals surface area (Å²) in [5, 5.41) is 3.65. The first-order valence-electron chi connectivity index (χ1n) is 11.2. The molecule has 2 aromatic carbocycles. The number of rotatable bonds is 7. The van der Waals surface area contributed by atoms with Crippen LogP contribution in [0.5, 0.6) is 0 Å². The van der Waals surface area contributed by atoms with E-state index < -0.39 is 5.97 Å². The van der Waals surface area contributed by atoms with E-state index in [9.17, 15) is 14.4 Å². The van der Waals surface area contributed by atoms with Crippen LogP contribution in [0.3, 0.4) is 0 Å². The van der Waals surface area contributed by atoms with Gasteiger partial charge in [-0.25, -0.2) is 9.78 Å². The van der Waals surface area contributed by atoms with Crippen molar-refractivity contribution in [1.29, 1.82) is 0 Å². The molecule has 0 atom stereocenters. The number of carbonyl (C=O) groups excluding carboxylic acids is 2. The van der Waals surface area contributed by atoms with Crippen LogP contribution in [0.4, 0.5) is 5.69 Å². The first kappa shape index (κ1) is 22.9. The third kappa shape index (κ3) is 4.85. The Labute approximate surface area is 205 Å². The average Bonchev–Trinajstić information content (AvgIpc) is 3.55. The summed E-state index contributed by atoms with van der Waals surface area (Å²) < 4.78 is 11.7. The van der Waals surface area contributed by atoms with Crippen LogP contribution in [-0.4, -0.2) is 34.3 Å². The lowest BCUT2D eigenvalue weighted by Crippen LogP contribution is -2.25. The molecule has 2 heterocycles. The van der Waals surface area contributed by atoms with Crippen molar-refractivity contribution in [3.05, 3.63) is 87.6 Å². The Morgan fingerprint density at radius 2 is 2.00 bits per heavy atom. The van der Waals surface area contributed by atoms with Gasteiger partial charge >= 0.3 is 5.97 Å². The number of nitrogens with one attached hydrogen (secondary N) is 1. The van der Waals surface area contributed by atoms with Gasteiger partial charge in [-0.2, -0.15) is 0 Å². The Balaban J connectivity index is 1.42. The van der Waals surface area contributed by atoms with Gasteiger partial charge in [-0.1, -0.05) is 17.8 Å². The lowest BCUT2D eigenvalue weighted by molar-refractivity contribution is -0.113. The molecule has 1 aliphatic carbocycles. The number of anilines is 1. The number of fused-ring (bicyclic) bond motifs is 2. The number of carbonyl (C=O) groups is 2. The number of ether oxygens (including phenoxy) is 1. The van der Waals surface area contributed by atoms with Crippen molar-refractivity contribution in [3.63, 3.8) is 0 Å². The van der Waals surface area contributed by atoms with Crippen LogP contribution < -0.4 is 10.9 Å². The molecule has 0 saturated carbocycles. The molecule has 0 unspecified atom stereocenters. The number of esters is 1. The van der Waals surface area contributed by atoms with E-state index in [1.54, 1.807) is 18.2 Å². The lowest BCUT2D eigenvalue weighted by atomic mass is 10.1. The smallest absolute Gasteiger partial charge is 0.337 e. The summed E-state index contributed by atoms with van der Waals surface area (Å²) in [4.78, 5) is 42.6.